The van der Waals surface area contributed by atoms with Crippen LogP contribution in [-0.4, -0.2) is 24.1 Å². The molecule has 0 saturated carbocycles. The van der Waals surface area contributed by atoms with E-state index < -0.39 is 0 Å². The first-order valence-corrected chi connectivity index (χ1v) is 7.18. The minimum absolute atomic E-state index is 0.739. The zero-order valence-corrected chi connectivity index (χ0v) is 13.7. The van der Waals surface area contributed by atoms with E-state index in [1.807, 2.05) is 39.1 Å². The van der Waals surface area contributed by atoms with Crippen molar-refractivity contribution in [3.8, 4) is 17.1 Å². The van der Waals surface area contributed by atoms with Crippen LogP contribution >= 0.6 is 15.9 Å². The summed E-state index contributed by atoms with van der Waals surface area (Å²) in [6, 6.07) is 5.86. The van der Waals surface area contributed by atoms with E-state index in [1.54, 1.807) is 7.11 Å². The Balaban J connectivity index is 2.46. The largest absolute Gasteiger partial charge is 0.496 e. The van der Waals surface area contributed by atoms with Gasteiger partial charge < -0.3 is 10.1 Å². The number of halogens is 1. The van der Waals surface area contributed by atoms with Crippen LogP contribution < -0.4 is 10.1 Å². The summed E-state index contributed by atoms with van der Waals surface area (Å²) in [4.78, 5) is 9.21. The summed E-state index contributed by atoms with van der Waals surface area (Å²) in [5, 5.41) is 3.15. The fraction of sp³-hybridized carbons (Fsp3) is 0.333. The first kappa shape index (κ1) is 14.9. The van der Waals surface area contributed by atoms with Crippen LogP contribution in [0.15, 0.2) is 22.7 Å². The van der Waals surface area contributed by atoms with E-state index in [1.165, 1.54) is 0 Å². The predicted octanol–water partition coefficient (Wildman–Crippen LogP) is 3.25. The highest BCUT2D eigenvalue weighted by Crippen LogP contribution is 2.29. The van der Waals surface area contributed by atoms with Crippen molar-refractivity contribution in [3.63, 3.8) is 0 Å². The van der Waals surface area contributed by atoms with Crippen molar-refractivity contribution in [2.24, 2.45) is 0 Å². The monoisotopic (exact) mass is 335 g/mol. The summed E-state index contributed by atoms with van der Waals surface area (Å²) in [5.41, 5.74) is 4.14. The number of hydrogen-bond acceptors (Lipinski definition) is 4. The Morgan fingerprint density at radius 3 is 2.35 bits per heavy atom. The second-order valence-electron chi connectivity index (χ2n) is 4.58. The lowest BCUT2D eigenvalue weighted by Crippen LogP contribution is -2.11. The molecular formula is C15H18BrN3O. The van der Waals surface area contributed by atoms with E-state index in [-0.39, 0.29) is 0 Å². The van der Waals surface area contributed by atoms with Gasteiger partial charge in [0.25, 0.3) is 0 Å². The molecule has 0 saturated heterocycles. The third-order valence-corrected chi connectivity index (χ3v) is 3.80. The molecule has 2 rings (SSSR count). The number of nitrogens with one attached hydrogen (secondary N) is 1. The van der Waals surface area contributed by atoms with Gasteiger partial charge in [-0.15, -0.1) is 0 Å². The number of benzene rings is 1. The minimum Gasteiger partial charge on any atom is -0.496 e. The van der Waals surface area contributed by atoms with E-state index in [0.717, 1.165) is 45.1 Å². The topological polar surface area (TPSA) is 47.0 Å². The highest BCUT2D eigenvalue weighted by atomic mass is 79.9. The van der Waals surface area contributed by atoms with Gasteiger partial charge in [-0.1, -0.05) is 0 Å². The van der Waals surface area contributed by atoms with Crippen LogP contribution in [-0.2, 0) is 6.54 Å². The van der Waals surface area contributed by atoms with Crippen molar-refractivity contribution in [2.45, 2.75) is 20.4 Å². The average Bonchev–Trinajstić information content (AvgIpc) is 2.42. The van der Waals surface area contributed by atoms with Crippen molar-refractivity contribution >= 4 is 15.9 Å². The Labute approximate surface area is 127 Å². The Morgan fingerprint density at radius 1 is 1.20 bits per heavy atom. The third-order valence-electron chi connectivity index (χ3n) is 3.18. The van der Waals surface area contributed by atoms with Gasteiger partial charge in [-0.25, -0.2) is 9.97 Å². The minimum atomic E-state index is 0.739. The van der Waals surface area contributed by atoms with Gasteiger partial charge in [0.1, 0.15) is 5.75 Å². The average molecular weight is 336 g/mol. The lowest BCUT2D eigenvalue weighted by atomic mass is 10.1. The van der Waals surface area contributed by atoms with Crippen molar-refractivity contribution in [3.05, 3.63) is 39.6 Å². The van der Waals surface area contributed by atoms with Crippen LogP contribution in [0.5, 0.6) is 5.75 Å². The molecule has 0 aliphatic rings. The van der Waals surface area contributed by atoms with E-state index in [0.29, 0.717) is 0 Å². The van der Waals surface area contributed by atoms with Gasteiger partial charge in [0.2, 0.25) is 0 Å². The lowest BCUT2D eigenvalue weighted by Gasteiger charge is -2.11. The first-order chi connectivity index (χ1) is 9.56. The molecule has 4 nitrogen and oxygen atoms in total. The van der Waals surface area contributed by atoms with Crippen molar-refractivity contribution < 1.29 is 4.74 Å². The van der Waals surface area contributed by atoms with Crippen LogP contribution in [0.3, 0.4) is 0 Å². The maximum absolute atomic E-state index is 5.24. The molecular weight excluding hydrogens is 318 g/mol. The number of aryl methyl sites for hydroxylation is 2. The molecule has 0 spiro atoms. The van der Waals surface area contributed by atoms with Crippen LogP contribution in [0.4, 0.5) is 0 Å². The Hall–Kier alpha value is -1.46. The highest BCUT2D eigenvalue weighted by Gasteiger charge is 2.11. The van der Waals surface area contributed by atoms with Crippen LogP contribution in [0, 0.1) is 13.8 Å². The molecule has 2 aromatic rings. The molecule has 1 aromatic carbocycles. The molecule has 0 bridgehead atoms. The number of aromatic nitrogens is 2. The smallest absolute Gasteiger partial charge is 0.159 e. The Morgan fingerprint density at radius 2 is 1.85 bits per heavy atom. The van der Waals surface area contributed by atoms with Crippen LogP contribution in [0.1, 0.15) is 17.0 Å². The second-order valence-corrected chi connectivity index (χ2v) is 5.43. The number of hydrogen-bond donors (Lipinski definition) is 1. The molecule has 5 heteroatoms. The summed E-state index contributed by atoms with van der Waals surface area (Å²) >= 11 is 3.49. The maximum atomic E-state index is 5.24. The summed E-state index contributed by atoms with van der Waals surface area (Å²) < 4.78 is 6.14. The van der Waals surface area contributed by atoms with Crippen molar-refractivity contribution in [1.29, 1.82) is 0 Å². The predicted molar refractivity (Wildman–Crippen MR) is 84.0 cm³/mol. The van der Waals surface area contributed by atoms with Gasteiger partial charge >= 0.3 is 0 Å². The fourth-order valence-corrected chi connectivity index (χ4v) is 2.65. The molecule has 0 amide bonds. The molecule has 0 fully saturated rings. The molecule has 1 aromatic heterocycles. The van der Waals surface area contributed by atoms with E-state index in [2.05, 4.69) is 31.2 Å². The summed E-state index contributed by atoms with van der Waals surface area (Å²) in [5.74, 6) is 1.54. The quantitative estimate of drug-likeness (QED) is 0.931. The van der Waals surface area contributed by atoms with Crippen molar-refractivity contribution in [1.82, 2.24) is 15.3 Å². The summed E-state index contributed by atoms with van der Waals surface area (Å²) in [7, 11) is 3.57. The third kappa shape index (κ3) is 2.99. The molecule has 0 unspecified atom stereocenters. The fourth-order valence-electron chi connectivity index (χ4n) is 2.11. The van der Waals surface area contributed by atoms with Crippen LogP contribution in [0.2, 0.25) is 0 Å². The van der Waals surface area contributed by atoms with E-state index in [4.69, 9.17) is 4.74 Å². The van der Waals surface area contributed by atoms with E-state index >= 15 is 0 Å². The zero-order chi connectivity index (χ0) is 14.7. The summed E-state index contributed by atoms with van der Waals surface area (Å²) in [6.07, 6.45) is 0. The molecule has 106 valence electrons. The number of ether oxygens (including phenoxy) is 1. The van der Waals surface area contributed by atoms with Gasteiger partial charge in [-0.3, -0.25) is 0 Å². The number of rotatable bonds is 4. The molecule has 0 aliphatic carbocycles. The van der Waals surface area contributed by atoms with Gasteiger partial charge in [0.15, 0.2) is 5.82 Å². The number of methoxy groups -OCH3 is 1. The maximum Gasteiger partial charge on any atom is 0.159 e. The molecule has 0 atom stereocenters. The molecule has 0 radical (unpaired) electrons. The number of nitrogens with zero attached hydrogens (tertiary/aromatic N) is 2. The molecule has 20 heavy (non-hydrogen) atoms. The van der Waals surface area contributed by atoms with Gasteiger partial charge in [-0.05, 0) is 55.0 Å². The Bertz CT molecular complexity index is 606. The zero-order valence-electron chi connectivity index (χ0n) is 12.1. The lowest BCUT2D eigenvalue weighted by molar-refractivity contribution is 0.412. The second kappa shape index (κ2) is 6.33. The molecule has 1 heterocycles. The van der Waals surface area contributed by atoms with Gasteiger partial charge in [-0.2, -0.15) is 0 Å². The van der Waals surface area contributed by atoms with E-state index in [9.17, 15) is 0 Å². The normalized spacial score (nSPS) is 10.7. The van der Waals surface area contributed by atoms with Gasteiger partial charge in [0, 0.05) is 29.1 Å². The molecule has 0 aliphatic heterocycles. The standard InChI is InChI=1S/C15H18BrN3O/c1-9-12(8-17-3)10(2)19-15(18-9)11-5-6-14(20-4)13(16)7-11/h5-7,17H,8H2,1-4H3. The van der Waals surface area contributed by atoms with Crippen molar-refractivity contribution in [2.75, 3.05) is 14.2 Å². The highest BCUT2D eigenvalue weighted by molar-refractivity contribution is 9.10. The SMILES string of the molecule is CNCc1c(C)nc(-c2ccc(OC)c(Br)c2)nc1C. The van der Waals surface area contributed by atoms with Crippen LogP contribution in [0.25, 0.3) is 11.4 Å². The van der Waals surface area contributed by atoms with Gasteiger partial charge in [0.05, 0.1) is 11.6 Å². The molecule has 1 N–H and O–H groups in total. The summed E-state index contributed by atoms with van der Waals surface area (Å²) in [6.45, 7) is 4.82. The Kier molecular flexibility index (Phi) is 4.73. The first-order valence-electron chi connectivity index (χ1n) is 6.39.